The molecule has 1 radical (unpaired) electrons. The molecule has 0 atom stereocenters. The Morgan fingerprint density at radius 3 is 2.29 bits per heavy atom. The highest BCUT2D eigenvalue weighted by molar-refractivity contribution is 5.14. The smallest absolute Gasteiger partial charge is 0.0391 e. The predicted molar refractivity (Wildman–Crippen MR) is 60.8 cm³/mol. The number of rotatable bonds is 5. The van der Waals surface area contributed by atoms with Crippen molar-refractivity contribution in [1.29, 1.82) is 0 Å². The van der Waals surface area contributed by atoms with Crippen molar-refractivity contribution in [3.63, 3.8) is 0 Å². The van der Waals surface area contributed by atoms with Gasteiger partial charge in [0.2, 0.25) is 0 Å². The lowest BCUT2D eigenvalue weighted by atomic mass is 10.2. The lowest BCUT2D eigenvalue weighted by Crippen LogP contribution is -2.23. The monoisotopic (exact) mass is 191 g/mol. The molecule has 14 heavy (non-hydrogen) atoms. The van der Waals surface area contributed by atoms with Gasteiger partial charge < -0.3 is 4.90 Å². The Kier molecular flexibility index (Phi) is 4.63. The van der Waals surface area contributed by atoms with Gasteiger partial charge in [-0.05, 0) is 26.7 Å². The molecule has 1 aromatic carbocycles. The summed E-state index contributed by atoms with van der Waals surface area (Å²) >= 11 is 0. The SMILES string of the molecule is CN(C)C[CH]N(C)Cc1ccccc1. The second kappa shape index (κ2) is 5.78. The molecule has 0 aliphatic carbocycles. The summed E-state index contributed by atoms with van der Waals surface area (Å²) in [5, 5.41) is 0. The second-order valence-electron chi connectivity index (χ2n) is 3.85. The van der Waals surface area contributed by atoms with Crippen molar-refractivity contribution in [1.82, 2.24) is 9.80 Å². The van der Waals surface area contributed by atoms with Gasteiger partial charge in [-0.15, -0.1) is 0 Å². The minimum absolute atomic E-state index is 0.981. The first-order valence-corrected chi connectivity index (χ1v) is 4.90. The molecule has 0 saturated carbocycles. The molecule has 0 bridgehead atoms. The van der Waals surface area contributed by atoms with E-state index in [9.17, 15) is 0 Å². The van der Waals surface area contributed by atoms with E-state index >= 15 is 0 Å². The van der Waals surface area contributed by atoms with Crippen LogP contribution in [0.15, 0.2) is 30.3 Å². The van der Waals surface area contributed by atoms with Gasteiger partial charge in [-0.2, -0.15) is 0 Å². The largest absolute Gasteiger partial charge is 0.308 e. The molecule has 2 heteroatoms. The molecular weight excluding hydrogens is 172 g/mol. The third-order valence-corrected chi connectivity index (χ3v) is 2.03. The third-order valence-electron chi connectivity index (χ3n) is 2.03. The Balaban J connectivity index is 2.30. The molecule has 0 fully saturated rings. The summed E-state index contributed by atoms with van der Waals surface area (Å²) in [7, 11) is 6.26. The van der Waals surface area contributed by atoms with Gasteiger partial charge >= 0.3 is 0 Å². The van der Waals surface area contributed by atoms with E-state index in [1.807, 2.05) is 6.07 Å². The van der Waals surface area contributed by atoms with Crippen LogP contribution in [0.4, 0.5) is 0 Å². The van der Waals surface area contributed by atoms with Gasteiger partial charge in [0, 0.05) is 19.6 Å². The third kappa shape index (κ3) is 4.40. The molecule has 1 rings (SSSR count). The van der Waals surface area contributed by atoms with E-state index in [4.69, 9.17) is 0 Å². The number of hydrogen-bond acceptors (Lipinski definition) is 2. The van der Waals surface area contributed by atoms with Crippen molar-refractivity contribution >= 4 is 0 Å². The van der Waals surface area contributed by atoms with Gasteiger partial charge in [0.25, 0.3) is 0 Å². The maximum absolute atomic E-state index is 2.22. The first-order valence-electron chi connectivity index (χ1n) is 4.90. The summed E-state index contributed by atoms with van der Waals surface area (Å²) in [6.45, 7) is 4.17. The summed E-state index contributed by atoms with van der Waals surface area (Å²) in [4.78, 5) is 4.37. The van der Waals surface area contributed by atoms with E-state index in [1.165, 1.54) is 5.56 Å². The average molecular weight is 191 g/mol. The lowest BCUT2D eigenvalue weighted by Gasteiger charge is -2.18. The van der Waals surface area contributed by atoms with E-state index in [0.717, 1.165) is 13.1 Å². The van der Waals surface area contributed by atoms with Gasteiger partial charge in [-0.3, -0.25) is 4.90 Å². The van der Waals surface area contributed by atoms with Crippen LogP contribution in [0.3, 0.4) is 0 Å². The fraction of sp³-hybridized carbons (Fsp3) is 0.417. The van der Waals surface area contributed by atoms with E-state index in [2.05, 4.69) is 61.8 Å². The molecule has 0 spiro atoms. The maximum atomic E-state index is 2.22. The normalized spacial score (nSPS) is 11.2. The zero-order chi connectivity index (χ0) is 10.4. The molecule has 0 unspecified atom stereocenters. The molecule has 0 N–H and O–H groups in total. The zero-order valence-electron chi connectivity index (χ0n) is 9.27. The molecule has 0 heterocycles. The molecule has 1 aromatic rings. The molecule has 2 nitrogen and oxygen atoms in total. The second-order valence-corrected chi connectivity index (χ2v) is 3.85. The fourth-order valence-electron chi connectivity index (χ4n) is 1.24. The van der Waals surface area contributed by atoms with Crippen LogP contribution in [-0.4, -0.2) is 37.5 Å². The number of hydrogen-bond donors (Lipinski definition) is 0. The van der Waals surface area contributed by atoms with Crippen LogP contribution in [0.5, 0.6) is 0 Å². The van der Waals surface area contributed by atoms with Crippen LogP contribution in [0, 0.1) is 6.54 Å². The van der Waals surface area contributed by atoms with Gasteiger partial charge in [0.1, 0.15) is 0 Å². The first-order chi connectivity index (χ1) is 6.68. The summed E-state index contributed by atoms with van der Waals surface area (Å²) in [6.07, 6.45) is 0. The van der Waals surface area contributed by atoms with Gasteiger partial charge in [0.05, 0.1) is 0 Å². The maximum Gasteiger partial charge on any atom is 0.0391 e. The Labute approximate surface area is 87.1 Å². The first kappa shape index (κ1) is 11.2. The molecule has 0 aromatic heterocycles. The lowest BCUT2D eigenvalue weighted by molar-refractivity contribution is 0.332. The quantitative estimate of drug-likeness (QED) is 0.700. The highest BCUT2D eigenvalue weighted by Gasteiger charge is 2.00. The van der Waals surface area contributed by atoms with Crippen molar-refractivity contribution in [3.8, 4) is 0 Å². The van der Waals surface area contributed by atoms with Crippen LogP contribution < -0.4 is 0 Å². The predicted octanol–water partition coefficient (Wildman–Crippen LogP) is 1.84. The van der Waals surface area contributed by atoms with E-state index < -0.39 is 0 Å². The van der Waals surface area contributed by atoms with Crippen LogP contribution in [-0.2, 0) is 6.54 Å². The Morgan fingerprint density at radius 2 is 1.71 bits per heavy atom. The van der Waals surface area contributed by atoms with E-state index in [1.54, 1.807) is 0 Å². The Bertz CT molecular complexity index is 244. The number of nitrogens with zero attached hydrogens (tertiary/aromatic N) is 2. The number of likely N-dealkylation sites (N-methyl/N-ethyl adjacent to an activating group) is 2. The van der Waals surface area contributed by atoms with Gasteiger partial charge in [0.15, 0.2) is 0 Å². The van der Waals surface area contributed by atoms with Crippen LogP contribution >= 0.6 is 0 Å². The van der Waals surface area contributed by atoms with Crippen LogP contribution in [0.25, 0.3) is 0 Å². The Morgan fingerprint density at radius 1 is 1.07 bits per heavy atom. The van der Waals surface area contributed by atoms with Crippen molar-refractivity contribution in [2.45, 2.75) is 6.54 Å². The van der Waals surface area contributed by atoms with Crippen molar-refractivity contribution in [3.05, 3.63) is 42.4 Å². The van der Waals surface area contributed by atoms with Crippen LogP contribution in [0.2, 0.25) is 0 Å². The zero-order valence-corrected chi connectivity index (χ0v) is 9.27. The van der Waals surface area contributed by atoms with Crippen LogP contribution in [0.1, 0.15) is 5.56 Å². The molecule has 0 aliphatic rings. The van der Waals surface area contributed by atoms with Crippen molar-refractivity contribution in [2.24, 2.45) is 0 Å². The average Bonchev–Trinajstić information content (AvgIpc) is 2.16. The van der Waals surface area contributed by atoms with Gasteiger partial charge in [-0.1, -0.05) is 30.3 Å². The number of benzene rings is 1. The molecule has 0 saturated heterocycles. The Hall–Kier alpha value is -0.860. The van der Waals surface area contributed by atoms with E-state index in [0.29, 0.717) is 0 Å². The molecule has 0 aliphatic heterocycles. The summed E-state index contributed by atoms with van der Waals surface area (Å²) in [6, 6.07) is 10.5. The van der Waals surface area contributed by atoms with E-state index in [-0.39, 0.29) is 0 Å². The summed E-state index contributed by atoms with van der Waals surface area (Å²) in [5.74, 6) is 0. The van der Waals surface area contributed by atoms with Crippen molar-refractivity contribution < 1.29 is 0 Å². The molecular formula is C12H19N2. The summed E-state index contributed by atoms with van der Waals surface area (Å²) in [5.41, 5.74) is 1.35. The standard InChI is InChI=1S/C12H19N2/c1-13(2)9-10-14(3)11-12-7-5-4-6-8-12/h4-8,10H,9,11H2,1-3H3. The topological polar surface area (TPSA) is 6.48 Å². The summed E-state index contributed by atoms with van der Waals surface area (Å²) < 4.78 is 0. The molecule has 77 valence electrons. The minimum atomic E-state index is 0.981. The minimum Gasteiger partial charge on any atom is -0.308 e. The van der Waals surface area contributed by atoms with Crippen molar-refractivity contribution in [2.75, 3.05) is 27.7 Å². The highest BCUT2D eigenvalue weighted by Crippen LogP contribution is 2.03. The molecule has 0 amide bonds. The van der Waals surface area contributed by atoms with Gasteiger partial charge in [-0.25, -0.2) is 0 Å². The fourth-order valence-corrected chi connectivity index (χ4v) is 1.24. The highest BCUT2D eigenvalue weighted by atomic mass is 15.1.